The summed E-state index contributed by atoms with van der Waals surface area (Å²) in [7, 11) is 0. The van der Waals surface area contributed by atoms with E-state index < -0.39 is 5.60 Å². The number of fused-ring (bicyclic) bond motifs is 1. The molecule has 4 rings (SSSR count). The second kappa shape index (κ2) is 7.60. The second-order valence-corrected chi connectivity index (χ2v) is 9.04. The lowest BCUT2D eigenvalue weighted by molar-refractivity contribution is 0.0794. The molecule has 2 aromatic heterocycles. The molecule has 1 aliphatic carbocycles. The van der Waals surface area contributed by atoms with Crippen LogP contribution in [0.2, 0.25) is 0 Å². The third-order valence-corrected chi connectivity index (χ3v) is 6.48. The quantitative estimate of drug-likeness (QED) is 0.635. The molecular formula is C22H25N3O2S. The minimum Gasteiger partial charge on any atom is -0.386 e. The molecule has 0 unspecified atom stereocenters. The lowest BCUT2D eigenvalue weighted by atomic mass is 9.90. The molecule has 146 valence electrons. The summed E-state index contributed by atoms with van der Waals surface area (Å²) in [4.78, 5) is 21.6. The molecule has 1 aromatic carbocycles. The molecule has 0 saturated heterocycles. The molecule has 0 spiro atoms. The van der Waals surface area contributed by atoms with Gasteiger partial charge in [-0.05, 0) is 51.0 Å². The Morgan fingerprint density at radius 3 is 2.68 bits per heavy atom. The van der Waals surface area contributed by atoms with E-state index in [9.17, 15) is 9.90 Å². The van der Waals surface area contributed by atoms with Crippen molar-refractivity contribution in [3.05, 3.63) is 52.8 Å². The monoisotopic (exact) mass is 395 g/mol. The van der Waals surface area contributed by atoms with Crippen LogP contribution in [0.1, 0.15) is 72.9 Å². The van der Waals surface area contributed by atoms with Crippen LogP contribution in [-0.4, -0.2) is 21.0 Å². The van der Waals surface area contributed by atoms with Crippen molar-refractivity contribution in [2.45, 2.75) is 57.5 Å². The fourth-order valence-corrected chi connectivity index (χ4v) is 4.97. The molecule has 0 aliphatic heterocycles. The predicted molar refractivity (Wildman–Crippen MR) is 113 cm³/mol. The highest BCUT2D eigenvalue weighted by atomic mass is 32.1. The lowest BCUT2D eigenvalue weighted by Gasteiger charge is -2.22. The van der Waals surface area contributed by atoms with E-state index >= 15 is 0 Å². The van der Waals surface area contributed by atoms with Crippen LogP contribution in [0.5, 0.6) is 0 Å². The molecule has 1 amide bonds. The number of benzene rings is 1. The minimum atomic E-state index is -1.10. The van der Waals surface area contributed by atoms with Gasteiger partial charge in [-0.2, -0.15) is 0 Å². The maximum atomic E-state index is 12.6. The van der Waals surface area contributed by atoms with Crippen LogP contribution >= 0.6 is 11.3 Å². The molecule has 0 bridgehead atoms. The van der Waals surface area contributed by atoms with Crippen molar-refractivity contribution in [2.75, 3.05) is 5.32 Å². The summed E-state index contributed by atoms with van der Waals surface area (Å²) in [6.07, 6.45) is 7.83. The Hall–Kier alpha value is -2.31. The summed E-state index contributed by atoms with van der Waals surface area (Å²) < 4.78 is 1.03. The molecule has 1 aliphatic rings. The third kappa shape index (κ3) is 3.93. The summed E-state index contributed by atoms with van der Waals surface area (Å²) in [6, 6.07) is 9.07. The Morgan fingerprint density at radius 1 is 1.21 bits per heavy atom. The number of amides is 1. The number of rotatable bonds is 4. The SMILES string of the molecule is CC(C)(O)c1cc2nc(C3CCCCC3)sc2cc1NC(=O)c1ccccn1. The van der Waals surface area contributed by atoms with Crippen LogP contribution in [0.15, 0.2) is 36.5 Å². The average molecular weight is 396 g/mol. The number of carbonyl (C=O) groups excluding carboxylic acids is 1. The number of nitrogens with one attached hydrogen (secondary N) is 1. The predicted octanol–water partition coefficient (Wildman–Crippen LogP) is 5.22. The zero-order valence-corrected chi connectivity index (χ0v) is 17.1. The van der Waals surface area contributed by atoms with Gasteiger partial charge in [0, 0.05) is 23.4 Å². The summed E-state index contributed by atoms with van der Waals surface area (Å²) in [5, 5.41) is 14.8. The van der Waals surface area contributed by atoms with Gasteiger partial charge in [-0.1, -0.05) is 25.3 Å². The van der Waals surface area contributed by atoms with E-state index in [2.05, 4.69) is 10.3 Å². The lowest BCUT2D eigenvalue weighted by Crippen LogP contribution is -2.21. The van der Waals surface area contributed by atoms with Crippen molar-refractivity contribution in [3.8, 4) is 0 Å². The largest absolute Gasteiger partial charge is 0.386 e. The fraction of sp³-hybridized carbons (Fsp3) is 0.409. The molecule has 2 heterocycles. The highest BCUT2D eigenvalue weighted by Crippen LogP contribution is 2.39. The van der Waals surface area contributed by atoms with Gasteiger partial charge in [0.1, 0.15) is 5.69 Å². The second-order valence-electron chi connectivity index (χ2n) is 7.98. The van der Waals surface area contributed by atoms with Gasteiger partial charge < -0.3 is 10.4 Å². The first-order chi connectivity index (χ1) is 13.4. The fourth-order valence-electron chi connectivity index (χ4n) is 3.81. The Labute approximate surface area is 168 Å². The Kier molecular flexibility index (Phi) is 5.17. The van der Waals surface area contributed by atoms with Crippen molar-refractivity contribution >= 4 is 33.1 Å². The highest BCUT2D eigenvalue weighted by Gasteiger charge is 2.25. The van der Waals surface area contributed by atoms with E-state index in [1.54, 1.807) is 49.6 Å². The zero-order valence-electron chi connectivity index (χ0n) is 16.2. The van der Waals surface area contributed by atoms with Crippen LogP contribution < -0.4 is 5.32 Å². The summed E-state index contributed by atoms with van der Waals surface area (Å²) >= 11 is 1.70. The standard InChI is InChI=1S/C22H25N3O2S/c1-22(2,27)15-12-18-19(28-21(25-18)14-8-4-3-5-9-14)13-17(15)24-20(26)16-10-6-7-11-23-16/h6-7,10-14,27H,3-5,8-9H2,1-2H3,(H,24,26). The molecule has 3 aromatic rings. The Morgan fingerprint density at radius 2 is 2.00 bits per heavy atom. The Balaban J connectivity index is 1.72. The van der Waals surface area contributed by atoms with E-state index in [4.69, 9.17) is 4.98 Å². The first-order valence-electron chi connectivity index (χ1n) is 9.81. The maximum Gasteiger partial charge on any atom is 0.274 e. The van der Waals surface area contributed by atoms with Crippen molar-refractivity contribution in [1.29, 1.82) is 0 Å². The van der Waals surface area contributed by atoms with Crippen molar-refractivity contribution < 1.29 is 9.90 Å². The van der Waals surface area contributed by atoms with Gasteiger partial charge in [-0.25, -0.2) is 4.98 Å². The van der Waals surface area contributed by atoms with Crippen LogP contribution in [0, 0.1) is 0 Å². The average Bonchev–Trinajstić information content (AvgIpc) is 3.11. The van der Waals surface area contributed by atoms with E-state index in [0.29, 0.717) is 22.9 Å². The van der Waals surface area contributed by atoms with Crippen molar-refractivity contribution in [2.24, 2.45) is 0 Å². The number of carbonyl (C=O) groups is 1. The topological polar surface area (TPSA) is 75.1 Å². The van der Waals surface area contributed by atoms with Crippen LogP contribution in [-0.2, 0) is 5.60 Å². The number of nitrogens with zero attached hydrogens (tertiary/aromatic N) is 2. The normalized spacial score (nSPS) is 15.7. The third-order valence-electron chi connectivity index (χ3n) is 5.30. The number of aromatic nitrogens is 2. The van der Waals surface area contributed by atoms with Gasteiger partial charge >= 0.3 is 0 Å². The van der Waals surface area contributed by atoms with Gasteiger partial charge in [0.05, 0.1) is 20.8 Å². The van der Waals surface area contributed by atoms with E-state index in [1.165, 1.54) is 37.1 Å². The van der Waals surface area contributed by atoms with Gasteiger partial charge in [-0.3, -0.25) is 9.78 Å². The summed E-state index contributed by atoms with van der Waals surface area (Å²) in [5.74, 6) is 0.241. The molecule has 1 fully saturated rings. The van der Waals surface area contributed by atoms with Gasteiger partial charge in [0.25, 0.3) is 5.91 Å². The van der Waals surface area contributed by atoms with Crippen molar-refractivity contribution in [1.82, 2.24) is 9.97 Å². The smallest absolute Gasteiger partial charge is 0.274 e. The molecule has 5 nitrogen and oxygen atoms in total. The van der Waals surface area contributed by atoms with Crippen LogP contribution in [0.4, 0.5) is 5.69 Å². The van der Waals surface area contributed by atoms with E-state index in [0.717, 1.165) is 10.2 Å². The first-order valence-corrected chi connectivity index (χ1v) is 10.6. The molecule has 6 heteroatoms. The molecule has 0 atom stereocenters. The van der Waals surface area contributed by atoms with Gasteiger partial charge in [0.2, 0.25) is 0 Å². The number of anilines is 1. The maximum absolute atomic E-state index is 12.6. The number of hydrogen-bond donors (Lipinski definition) is 2. The van der Waals surface area contributed by atoms with Crippen molar-refractivity contribution in [3.63, 3.8) is 0 Å². The number of aliphatic hydroxyl groups is 1. The summed E-state index contributed by atoms with van der Waals surface area (Å²) in [6.45, 7) is 3.44. The van der Waals surface area contributed by atoms with Gasteiger partial charge in [-0.15, -0.1) is 11.3 Å². The Bertz CT molecular complexity index is 986. The molecule has 0 radical (unpaired) electrons. The molecular weight excluding hydrogens is 370 g/mol. The number of hydrogen-bond acceptors (Lipinski definition) is 5. The number of pyridine rings is 1. The zero-order chi connectivity index (χ0) is 19.7. The van der Waals surface area contributed by atoms with E-state index in [-0.39, 0.29) is 5.91 Å². The summed E-state index contributed by atoms with van der Waals surface area (Å²) in [5.41, 5.74) is 1.39. The minimum absolute atomic E-state index is 0.289. The van der Waals surface area contributed by atoms with Crippen LogP contribution in [0.3, 0.4) is 0 Å². The van der Waals surface area contributed by atoms with Crippen LogP contribution in [0.25, 0.3) is 10.2 Å². The highest BCUT2D eigenvalue weighted by molar-refractivity contribution is 7.18. The molecule has 1 saturated carbocycles. The first kappa shape index (κ1) is 19.0. The molecule has 28 heavy (non-hydrogen) atoms. The van der Waals surface area contributed by atoms with E-state index in [1.807, 2.05) is 12.1 Å². The molecule has 2 N–H and O–H groups in total. The van der Waals surface area contributed by atoms with Gasteiger partial charge in [0.15, 0.2) is 0 Å². The number of thiazole rings is 1.